The molecule has 2 atom stereocenters. The van der Waals surface area contributed by atoms with Gasteiger partial charge in [-0.25, -0.2) is 4.79 Å². The van der Waals surface area contributed by atoms with Gasteiger partial charge in [-0.15, -0.1) is 0 Å². The Labute approximate surface area is 143 Å². The molecule has 130 valence electrons. The van der Waals surface area contributed by atoms with Gasteiger partial charge in [0.2, 0.25) is 0 Å². The predicted molar refractivity (Wildman–Crippen MR) is 92.0 cm³/mol. The summed E-state index contributed by atoms with van der Waals surface area (Å²) in [7, 11) is 0. The summed E-state index contributed by atoms with van der Waals surface area (Å²) in [6.07, 6.45) is 3.84. The number of hydrogen-bond acceptors (Lipinski definition) is 3. The molecule has 24 heavy (non-hydrogen) atoms. The first-order valence-electron chi connectivity index (χ1n) is 8.77. The van der Waals surface area contributed by atoms with Crippen molar-refractivity contribution >= 4 is 11.9 Å². The minimum atomic E-state index is -0.685. The van der Waals surface area contributed by atoms with Crippen molar-refractivity contribution in [3.05, 3.63) is 29.3 Å². The Bertz CT molecular complexity index is 638. The van der Waals surface area contributed by atoms with Gasteiger partial charge < -0.3 is 10.1 Å². The Morgan fingerprint density at radius 3 is 2.58 bits per heavy atom. The van der Waals surface area contributed by atoms with Gasteiger partial charge in [-0.05, 0) is 55.9 Å². The molecular formula is C19H26N2O3. The third-order valence-corrected chi connectivity index (χ3v) is 5.28. The summed E-state index contributed by atoms with van der Waals surface area (Å²) >= 11 is 0. The topological polar surface area (TPSA) is 58.6 Å². The summed E-state index contributed by atoms with van der Waals surface area (Å²) in [5, 5.41) is 2.97. The molecule has 1 aromatic rings. The minimum Gasteiger partial charge on any atom is -0.492 e. The predicted octanol–water partition coefficient (Wildman–Crippen LogP) is 3.18. The Morgan fingerprint density at radius 2 is 1.92 bits per heavy atom. The average Bonchev–Trinajstić information content (AvgIpc) is 2.74. The standard InChI is InChI=1S/C19H26N2O3/c1-13-10-14(2)12-16(11-13)24-9-8-21-17(22)19(20-18(21)23)7-5-4-6-15(19)3/h10-12,15H,4-9H2,1-3H3,(H,20,23)/t15-,19-/m0/s1. The maximum atomic E-state index is 12.8. The number of nitrogens with one attached hydrogen (secondary N) is 1. The number of rotatable bonds is 4. The first-order valence-corrected chi connectivity index (χ1v) is 8.77. The van der Waals surface area contributed by atoms with Gasteiger partial charge in [0, 0.05) is 0 Å². The summed E-state index contributed by atoms with van der Waals surface area (Å²) in [5.74, 6) is 0.886. The van der Waals surface area contributed by atoms with E-state index in [-0.39, 0.29) is 24.4 Å². The van der Waals surface area contributed by atoms with Crippen molar-refractivity contribution < 1.29 is 14.3 Å². The van der Waals surface area contributed by atoms with E-state index in [1.165, 1.54) is 4.90 Å². The highest BCUT2D eigenvalue weighted by molar-refractivity contribution is 6.07. The quantitative estimate of drug-likeness (QED) is 0.863. The molecule has 1 saturated heterocycles. The normalized spacial score (nSPS) is 26.8. The third kappa shape index (κ3) is 2.99. The van der Waals surface area contributed by atoms with Gasteiger partial charge in [-0.2, -0.15) is 0 Å². The van der Waals surface area contributed by atoms with E-state index in [2.05, 4.69) is 18.3 Å². The van der Waals surface area contributed by atoms with Crippen LogP contribution >= 0.6 is 0 Å². The van der Waals surface area contributed by atoms with E-state index in [9.17, 15) is 9.59 Å². The van der Waals surface area contributed by atoms with E-state index in [0.29, 0.717) is 6.61 Å². The number of amides is 3. The van der Waals surface area contributed by atoms with Gasteiger partial charge in [0.05, 0.1) is 6.54 Å². The van der Waals surface area contributed by atoms with E-state index < -0.39 is 5.54 Å². The Hall–Kier alpha value is -2.04. The first kappa shape index (κ1) is 16.8. The zero-order chi connectivity index (χ0) is 17.3. The number of carbonyl (C=O) groups excluding carboxylic acids is 2. The largest absolute Gasteiger partial charge is 0.492 e. The van der Waals surface area contributed by atoms with Crippen molar-refractivity contribution in [2.75, 3.05) is 13.2 Å². The molecule has 5 nitrogen and oxygen atoms in total. The lowest BCUT2D eigenvalue weighted by Crippen LogP contribution is -2.54. The molecule has 1 aliphatic carbocycles. The van der Waals surface area contributed by atoms with Crippen molar-refractivity contribution in [3.63, 3.8) is 0 Å². The van der Waals surface area contributed by atoms with Crippen molar-refractivity contribution in [1.29, 1.82) is 0 Å². The Morgan fingerprint density at radius 1 is 1.21 bits per heavy atom. The summed E-state index contributed by atoms with van der Waals surface area (Å²) in [5.41, 5.74) is 1.58. The van der Waals surface area contributed by atoms with Crippen LogP contribution in [0.4, 0.5) is 4.79 Å². The van der Waals surface area contributed by atoms with E-state index >= 15 is 0 Å². The molecule has 5 heteroatoms. The van der Waals surface area contributed by atoms with Crippen molar-refractivity contribution in [2.24, 2.45) is 5.92 Å². The zero-order valence-electron chi connectivity index (χ0n) is 14.7. The molecule has 1 aromatic carbocycles. The van der Waals surface area contributed by atoms with Crippen LogP contribution < -0.4 is 10.1 Å². The second kappa shape index (κ2) is 6.46. The van der Waals surface area contributed by atoms with Crippen molar-refractivity contribution in [2.45, 2.75) is 52.0 Å². The summed E-state index contributed by atoms with van der Waals surface area (Å²) in [4.78, 5) is 26.5. The number of ether oxygens (including phenoxy) is 1. The lowest BCUT2D eigenvalue weighted by Gasteiger charge is -2.36. The number of aryl methyl sites for hydroxylation is 2. The second-order valence-corrected chi connectivity index (χ2v) is 7.18. The number of benzene rings is 1. The van der Waals surface area contributed by atoms with Crippen molar-refractivity contribution in [3.8, 4) is 5.75 Å². The molecule has 1 heterocycles. The van der Waals surface area contributed by atoms with Gasteiger partial charge in [0.15, 0.2) is 0 Å². The van der Waals surface area contributed by atoms with Gasteiger partial charge in [-0.1, -0.05) is 25.8 Å². The lowest BCUT2D eigenvalue weighted by atomic mass is 9.73. The third-order valence-electron chi connectivity index (χ3n) is 5.28. The summed E-state index contributed by atoms with van der Waals surface area (Å²) in [6, 6.07) is 5.73. The van der Waals surface area contributed by atoms with Gasteiger partial charge in [0.25, 0.3) is 5.91 Å². The maximum absolute atomic E-state index is 12.8. The number of imide groups is 1. The highest BCUT2D eigenvalue weighted by Gasteiger charge is 2.54. The SMILES string of the molecule is Cc1cc(C)cc(OCCN2C(=O)N[C@]3(CCCC[C@@H]3C)C2=O)c1. The Balaban J connectivity index is 1.63. The number of hydrogen-bond donors (Lipinski definition) is 1. The smallest absolute Gasteiger partial charge is 0.325 e. The second-order valence-electron chi connectivity index (χ2n) is 7.18. The van der Waals surface area contributed by atoms with Crippen LogP contribution in [0.2, 0.25) is 0 Å². The molecule has 2 aliphatic rings. The summed E-state index contributed by atoms with van der Waals surface area (Å²) < 4.78 is 5.75. The van der Waals surface area contributed by atoms with Crippen LogP contribution in [0, 0.1) is 19.8 Å². The molecule has 3 rings (SSSR count). The molecule has 0 radical (unpaired) electrons. The van der Waals surface area contributed by atoms with Crippen LogP contribution in [0.3, 0.4) is 0 Å². The fraction of sp³-hybridized carbons (Fsp3) is 0.579. The Kier molecular flexibility index (Phi) is 4.52. The van der Waals surface area contributed by atoms with Gasteiger partial charge in [-0.3, -0.25) is 9.69 Å². The minimum absolute atomic E-state index is 0.0799. The molecule has 0 bridgehead atoms. The van der Waals surface area contributed by atoms with Crippen LogP contribution in [-0.4, -0.2) is 35.5 Å². The van der Waals surface area contributed by atoms with E-state index in [4.69, 9.17) is 4.74 Å². The maximum Gasteiger partial charge on any atom is 0.325 e. The molecule has 3 amide bonds. The molecule has 1 aliphatic heterocycles. The highest BCUT2D eigenvalue weighted by Crippen LogP contribution is 2.38. The van der Waals surface area contributed by atoms with Gasteiger partial charge >= 0.3 is 6.03 Å². The van der Waals surface area contributed by atoms with Crippen LogP contribution in [0.25, 0.3) is 0 Å². The number of urea groups is 1. The van der Waals surface area contributed by atoms with E-state index in [1.807, 2.05) is 26.0 Å². The van der Waals surface area contributed by atoms with Crippen molar-refractivity contribution in [1.82, 2.24) is 10.2 Å². The molecule has 1 spiro atoms. The molecule has 1 N–H and O–H groups in total. The molecule has 2 fully saturated rings. The fourth-order valence-corrected chi connectivity index (χ4v) is 3.97. The van der Waals surface area contributed by atoms with E-state index in [1.54, 1.807) is 0 Å². The number of carbonyl (C=O) groups is 2. The highest BCUT2D eigenvalue weighted by atomic mass is 16.5. The fourth-order valence-electron chi connectivity index (χ4n) is 3.97. The van der Waals surface area contributed by atoms with Crippen LogP contribution in [0.1, 0.15) is 43.7 Å². The lowest BCUT2D eigenvalue weighted by molar-refractivity contribution is -0.134. The molecular weight excluding hydrogens is 304 g/mol. The van der Waals surface area contributed by atoms with Gasteiger partial charge in [0.1, 0.15) is 17.9 Å². The zero-order valence-corrected chi connectivity index (χ0v) is 14.7. The molecule has 1 saturated carbocycles. The number of nitrogens with zero attached hydrogens (tertiary/aromatic N) is 1. The van der Waals surface area contributed by atoms with Crippen LogP contribution in [-0.2, 0) is 4.79 Å². The van der Waals surface area contributed by atoms with Crippen LogP contribution in [0.15, 0.2) is 18.2 Å². The van der Waals surface area contributed by atoms with E-state index in [0.717, 1.165) is 42.6 Å². The van der Waals surface area contributed by atoms with Crippen LogP contribution in [0.5, 0.6) is 5.75 Å². The average molecular weight is 330 g/mol. The molecule has 0 aromatic heterocycles. The molecule has 0 unspecified atom stereocenters. The summed E-state index contributed by atoms with van der Waals surface area (Å²) in [6.45, 7) is 6.70. The first-order chi connectivity index (χ1) is 11.4. The monoisotopic (exact) mass is 330 g/mol.